The SMILES string of the molecule is F[C](F)(F)[Ge]([C](F)(F)F)[C](F)(F)F.I. The molecular weight excluding hydrogens is 407 g/mol. The molecule has 0 aliphatic carbocycles. The minimum Gasteiger partial charge on any atom is -0.107 e. The monoisotopic (exact) mass is 409 g/mol. The minimum absolute atomic E-state index is 0. The molecule has 0 aromatic carbocycles. The summed E-state index contributed by atoms with van der Waals surface area (Å²) in [6.07, 6.45) is 0. The molecule has 0 amide bonds. The van der Waals surface area contributed by atoms with Crippen LogP contribution in [0.3, 0.4) is 0 Å². The fourth-order valence-electron chi connectivity index (χ4n) is 0.482. The van der Waals surface area contributed by atoms with E-state index < -0.39 is 29.4 Å². The van der Waals surface area contributed by atoms with Gasteiger partial charge in [0.1, 0.15) is 0 Å². The van der Waals surface area contributed by atoms with Crippen molar-refractivity contribution in [1.82, 2.24) is 0 Å². The van der Waals surface area contributed by atoms with Crippen LogP contribution in [-0.4, -0.2) is 29.4 Å². The molecule has 0 saturated heterocycles. The van der Waals surface area contributed by atoms with E-state index in [9.17, 15) is 39.5 Å². The summed E-state index contributed by atoms with van der Waals surface area (Å²) in [5, 5.41) is -18.6. The van der Waals surface area contributed by atoms with Crippen LogP contribution in [0.25, 0.3) is 0 Å². The molecule has 0 aliphatic rings. The van der Waals surface area contributed by atoms with Crippen LogP contribution in [0.15, 0.2) is 0 Å². The average molecular weight is 408 g/mol. The van der Waals surface area contributed by atoms with E-state index in [2.05, 4.69) is 0 Å². The van der Waals surface area contributed by atoms with Crippen LogP contribution in [-0.2, 0) is 0 Å². The molecule has 11 heteroatoms. The summed E-state index contributed by atoms with van der Waals surface area (Å²) in [5.41, 5.74) is 0. The second-order valence-electron chi connectivity index (χ2n) is 1.87. The number of halogens is 10. The van der Waals surface area contributed by atoms with E-state index in [4.69, 9.17) is 0 Å². The van der Waals surface area contributed by atoms with Crippen molar-refractivity contribution in [2.24, 2.45) is 0 Å². The van der Waals surface area contributed by atoms with Gasteiger partial charge in [-0.2, -0.15) is 0 Å². The second kappa shape index (κ2) is 4.66. The fraction of sp³-hybridized carbons (Fsp3) is 1.00. The van der Waals surface area contributed by atoms with Gasteiger partial charge >= 0.3 is 68.9 Å². The zero-order valence-corrected chi connectivity index (χ0v) is 10.2. The van der Waals surface area contributed by atoms with E-state index in [0.29, 0.717) is 0 Å². The molecule has 0 N–H and O–H groups in total. The zero-order valence-electron chi connectivity index (χ0n) is 5.81. The summed E-state index contributed by atoms with van der Waals surface area (Å²) in [6, 6.07) is 0. The van der Waals surface area contributed by atoms with Crippen molar-refractivity contribution in [2.45, 2.75) is 15.0 Å². The smallest absolute Gasteiger partial charge is 0.107 e. The second-order valence-corrected chi connectivity index (χ2v) is 7.01. The molecule has 0 unspecified atom stereocenters. The molecule has 0 fully saturated rings. The Morgan fingerprint density at radius 3 is 0.643 bits per heavy atom. The molecular formula is C3HF9GeI. The molecule has 0 saturated carbocycles. The first-order valence-corrected chi connectivity index (χ1v) is 5.60. The van der Waals surface area contributed by atoms with Gasteiger partial charge in [0.15, 0.2) is 0 Å². The largest absolute Gasteiger partial charge is 0.107 e. The van der Waals surface area contributed by atoms with E-state index in [-0.39, 0.29) is 24.0 Å². The number of hydrogen-bond acceptors (Lipinski definition) is 0. The molecule has 87 valence electrons. The van der Waals surface area contributed by atoms with E-state index in [1.54, 1.807) is 0 Å². The van der Waals surface area contributed by atoms with E-state index in [1.807, 2.05) is 0 Å². The third-order valence-electron chi connectivity index (χ3n) is 0.850. The van der Waals surface area contributed by atoms with Gasteiger partial charge in [0.2, 0.25) is 0 Å². The molecule has 0 aliphatic heterocycles. The topological polar surface area (TPSA) is 0 Å². The van der Waals surface area contributed by atoms with Gasteiger partial charge in [-0.05, 0) is 0 Å². The molecule has 0 bridgehead atoms. The van der Waals surface area contributed by atoms with Crippen LogP contribution in [0.5, 0.6) is 0 Å². The molecule has 0 aromatic heterocycles. The van der Waals surface area contributed by atoms with Crippen LogP contribution in [0.4, 0.5) is 39.5 Å². The van der Waals surface area contributed by atoms with Gasteiger partial charge in [0.05, 0.1) is 0 Å². The Labute approximate surface area is 93.0 Å². The standard InChI is InChI=1S/C3F9Ge.HI/c4-1(5,6)13(2(7,8)9)3(10,11)12;/h;1H. The first-order valence-electron chi connectivity index (χ1n) is 2.45. The maximum atomic E-state index is 11.3. The molecule has 0 atom stereocenters. The Morgan fingerprint density at radius 1 is 0.500 bits per heavy atom. The van der Waals surface area contributed by atoms with Gasteiger partial charge in [0.25, 0.3) is 0 Å². The van der Waals surface area contributed by atoms with Gasteiger partial charge in [-0.3, -0.25) is 0 Å². The van der Waals surface area contributed by atoms with E-state index in [0.717, 1.165) is 0 Å². The molecule has 0 aromatic rings. The van der Waals surface area contributed by atoms with Gasteiger partial charge in [0, 0.05) is 0 Å². The quantitative estimate of drug-likeness (QED) is 0.328. The van der Waals surface area contributed by atoms with Crippen LogP contribution in [0, 0.1) is 0 Å². The average Bonchev–Trinajstić information content (AvgIpc) is 1.44. The van der Waals surface area contributed by atoms with Gasteiger partial charge in [-0.15, -0.1) is 24.0 Å². The number of alkyl halides is 9. The van der Waals surface area contributed by atoms with E-state index >= 15 is 0 Å². The van der Waals surface area contributed by atoms with Crippen molar-refractivity contribution < 1.29 is 39.5 Å². The van der Waals surface area contributed by atoms with Crippen molar-refractivity contribution >= 4 is 38.3 Å². The first kappa shape index (κ1) is 17.1. The molecule has 0 rings (SSSR count). The minimum atomic E-state index is -7.10. The van der Waals surface area contributed by atoms with Crippen molar-refractivity contribution in [2.75, 3.05) is 0 Å². The zero-order chi connectivity index (χ0) is 11.1. The Balaban J connectivity index is 0. The van der Waals surface area contributed by atoms with E-state index in [1.165, 1.54) is 0 Å². The van der Waals surface area contributed by atoms with Crippen molar-refractivity contribution in [3.63, 3.8) is 0 Å². The molecule has 0 spiro atoms. The normalized spacial score (nSPS) is 14.1. The predicted molar refractivity (Wildman–Crippen MR) is 39.3 cm³/mol. The van der Waals surface area contributed by atoms with Gasteiger partial charge in [-0.1, -0.05) is 0 Å². The Hall–Kier alpha value is 0.643. The molecule has 14 heavy (non-hydrogen) atoms. The van der Waals surface area contributed by atoms with Gasteiger partial charge < -0.3 is 0 Å². The maximum Gasteiger partial charge on any atom is -0.107 e. The van der Waals surface area contributed by atoms with Crippen molar-refractivity contribution in [3.05, 3.63) is 0 Å². The Bertz CT molecular complexity index is 143. The molecule has 1 radical (unpaired) electrons. The Morgan fingerprint density at radius 2 is 0.643 bits per heavy atom. The van der Waals surface area contributed by atoms with Crippen LogP contribution >= 0.6 is 24.0 Å². The van der Waals surface area contributed by atoms with Crippen molar-refractivity contribution in [3.8, 4) is 0 Å². The summed E-state index contributed by atoms with van der Waals surface area (Å²) in [6.45, 7) is 0. The first-order chi connectivity index (χ1) is 5.37. The van der Waals surface area contributed by atoms with Crippen LogP contribution in [0.1, 0.15) is 0 Å². The third kappa shape index (κ3) is 4.93. The predicted octanol–water partition coefficient (Wildman–Crippen LogP) is 3.40. The third-order valence-corrected chi connectivity index (χ3v) is 4.42. The fourth-order valence-corrected chi connectivity index (χ4v) is 2.51. The Kier molecular flexibility index (Phi) is 5.67. The number of hydrogen-bond donors (Lipinski definition) is 0. The van der Waals surface area contributed by atoms with Crippen LogP contribution in [0.2, 0.25) is 0 Å². The summed E-state index contributed by atoms with van der Waals surface area (Å²) in [4.78, 5) is 0. The molecule has 0 nitrogen and oxygen atoms in total. The summed E-state index contributed by atoms with van der Waals surface area (Å²) in [7, 11) is 0. The van der Waals surface area contributed by atoms with Crippen molar-refractivity contribution in [1.29, 1.82) is 0 Å². The van der Waals surface area contributed by atoms with Gasteiger partial charge in [-0.25, -0.2) is 0 Å². The molecule has 0 heterocycles. The number of rotatable bonds is 0. The van der Waals surface area contributed by atoms with Crippen LogP contribution < -0.4 is 0 Å². The summed E-state index contributed by atoms with van der Waals surface area (Å²) < 4.78 is 102. The maximum absolute atomic E-state index is 11.3. The summed E-state index contributed by atoms with van der Waals surface area (Å²) >= 11 is -7.10. The summed E-state index contributed by atoms with van der Waals surface area (Å²) in [5.74, 6) is 0.